The molecule has 140 valence electrons. The Kier molecular flexibility index (Phi) is 7.88. The van der Waals surface area contributed by atoms with Crippen LogP contribution in [0.1, 0.15) is 45.2 Å². The van der Waals surface area contributed by atoms with E-state index in [0.717, 1.165) is 44.6 Å². The van der Waals surface area contributed by atoms with Crippen LogP contribution in [0.25, 0.3) is 0 Å². The molecule has 1 heterocycles. The summed E-state index contributed by atoms with van der Waals surface area (Å²) in [5.74, 6) is -0.183. The molecule has 2 atom stereocenters. The highest BCUT2D eigenvalue weighted by molar-refractivity contribution is 5.79. The van der Waals surface area contributed by atoms with Crippen LogP contribution in [0.5, 0.6) is 0 Å². The summed E-state index contributed by atoms with van der Waals surface area (Å²) >= 11 is 0. The number of nitrogens with zero attached hydrogens (tertiary/aromatic N) is 1. The lowest BCUT2D eigenvalue weighted by Crippen LogP contribution is -2.47. The number of hydrogen-bond donors (Lipinski definition) is 2. The van der Waals surface area contributed by atoms with Crippen molar-refractivity contribution in [2.45, 2.75) is 51.8 Å². The number of amides is 1. The summed E-state index contributed by atoms with van der Waals surface area (Å²) < 4.78 is 5.61. The zero-order valence-corrected chi connectivity index (χ0v) is 15.8. The van der Waals surface area contributed by atoms with E-state index in [1.807, 2.05) is 37.3 Å². The van der Waals surface area contributed by atoms with Gasteiger partial charge in [0.05, 0.1) is 18.6 Å². The van der Waals surface area contributed by atoms with Crippen LogP contribution in [0.2, 0.25) is 0 Å². The van der Waals surface area contributed by atoms with Crippen molar-refractivity contribution in [3.63, 3.8) is 0 Å². The molecule has 0 saturated carbocycles. The van der Waals surface area contributed by atoms with Crippen molar-refractivity contribution in [1.29, 1.82) is 0 Å². The summed E-state index contributed by atoms with van der Waals surface area (Å²) in [4.78, 5) is 14.9. The van der Waals surface area contributed by atoms with Crippen molar-refractivity contribution < 1.29 is 9.53 Å². The van der Waals surface area contributed by atoms with Gasteiger partial charge in [0.25, 0.3) is 0 Å². The van der Waals surface area contributed by atoms with Gasteiger partial charge < -0.3 is 20.7 Å². The summed E-state index contributed by atoms with van der Waals surface area (Å²) in [5, 5.41) is 3.19. The Hall–Kier alpha value is -1.43. The lowest BCUT2D eigenvalue weighted by Gasteiger charge is -2.33. The first-order valence-corrected chi connectivity index (χ1v) is 9.42. The van der Waals surface area contributed by atoms with E-state index in [9.17, 15) is 4.79 Å². The Morgan fingerprint density at radius 3 is 2.48 bits per heavy atom. The normalized spacial score (nSPS) is 18.9. The second-order valence-corrected chi connectivity index (χ2v) is 7.27. The third-order valence-corrected chi connectivity index (χ3v) is 4.93. The summed E-state index contributed by atoms with van der Waals surface area (Å²) in [7, 11) is 0. The number of nitrogens with one attached hydrogen (secondary N) is 1. The molecule has 1 aromatic carbocycles. The van der Waals surface area contributed by atoms with Gasteiger partial charge in [-0.25, -0.2) is 0 Å². The molecule has 5 heteroatoms. The molecule has 25 heavy (non-hydrogen) atoms. The van der Waals surface area contributed by atoms with Crippen LogP contribution in [-0.2, 0) is 9.53 Å². The molecule has 2 unspecified atom stereocenters. The number of piperidine rings is 1. The largest absolute Gasteiger partial charge is 0.377 e. The van der Waals surface area contributed by atoms with Gasteiger partial charge in [0, 0.05) is 31.7 Å². The lowest BCUT2D eigenvalue weighted by atomic mass is 9.94. The number of benzene rings is 1. The van der Waals surface area contributed by atoms with Crippen molar-refractivity contribution in [3.05, 3.63) is 35.9 Å². The highest BCUT2D eigenvalue weighted by Crippen LogP contribution is 2.20. The molecule has 0 spiro atoms. The molecule has 2 rings (SSSR count). The average molecular weight is 348 g/mol. The smallest absolute Gasteiger partial charge is 0.224 e. The number of rotatable bonds is 8. The van der Waals surface area contributed by atoms with E-state index in [4.69, 9.17) is 10.5 Å². The molecular formula is C20H33N3O2. The molecule has 1 amide bonds. The number of likely N-dealkylation sites (tertiary alicyclic amines) is 1. The van der Waals surface area contributed by atoms with Crippen molar-refractivity contribution in [2.24, 2.45) is 11.7 Å². The minimum Gasteiger partial charge on any atom is -0.377 e. The van der Waals surface area contributed by atoms with Gasteiger partial charge in [-0.2, -0.15) is 0 Å². The van der Waals surface area contributed by atoms with E-state index < -0.39 is 0 Å². The first-order chi connectivity index (χ1) is 12.0. The van der Waals surface area contributed by atoms with Crippen LogP contribution < -0.4 is 11.1 Å². The van der Waals surface area contributed by atoms with E-state index in [1.165, 1.54) is 0 Å². The SMILES string of the molecule is CC(C)OCCN1CCC(NC(=O)C(C)C(N)c2ccccc2)CC1. The van der Waals surface area contributed by atoms with Crippen LogP contribution in [0.3, 0.4) is 0 Å². The Bertz CT molecular complexity index is 513. The van der Waals surface area contributed by atoms with Crippen molar-refractivity contribution in [3.8, 4) is 0 Å². The predicted molar refractivity (Wildman–Crippen MR) is 101 cm³/mol. The Labute approximate surface area is 151 Å². The van der Waals surface area contributed by atoms with E-state index >= 15 is 0 Å². The maximum Gasteiger partial charge on any atom is 0.224 e. The number of hydrogen-bond acceptors (Lipinski definition) is 4. The number of ether oxygens (including phenoxy) is 1. The molecule has 1 aliphatic heterocycles. The molecule has 0 radical (unpaired) electrons. The molecule has 1 aromatic rings. The second-order valence-electron chi connectivity index (χ2n) is 7.27. The summed E-state index contributed by atoms with van der Waals surface area (Å²) in [5.41, 5.74) is 7.27. The first-order valence-electron chi connectivity index (χ1n) is 9.42. The van der Waals surface area contributed by atoms with Gasteiger partial charge in [0.15, 0.2) is 0 Å². The quantitative estimate of drug-likeness (QED) is 0.757. The molecule has 5 nitrogen and oxygen atoms in total. The highest BCUT2D eigenvalue weighted by Gasteiger charge is 2.26. The molecule has 1 aliphatic rings. The van der Waals surface area contributed by atoms with Gasteiger partial charge in [0.2, 0.25) is 5.91 Å². The Balaban J connectivity index is 1.73. The predicted octanol–water partition coefficient (Wildman–Crippen LogP) is 2.33. The van der Waals surface area contributed by atoms with Gasteiger partial charge in [-0.3, -0.25) is 4.79 Å². The van der Waals surface area contributed by atoms with E-state index in [2.05, 4.69) is 24.1 Å². The zero-order valence-electron chi connectivity index (χ0n) is 15.8. The fourth-order valence-electron chi connectivity index (χ4n) is 3.18. The van der Waals surface area contributed by atoms with Gasteiger partial charge in [-0.15, -0.1) is 0 Å². The van der Waals surface area contributed by atoms with Crippen LogP contribution in [0.4, 0.5) is 0 Å². The molecule has 1 fully saturated rings. The summed E-state index contributed by atoms with van der Waals surface area (Å²) in [6.45, 7) is 9.78. The van der Waals surface area contributed by atoms with Crippen LogP contribution in [-0.4, -0.2) is 49.2 Å². The Morgan fingerprint density at radius 1 is 1.24 bits per heavy atom. The van der Waals surface area contributed by atoms with E-state index in [0.29, 0.717) is 0 Å². The van der Waals surface area contributed by atoms with Gasteiger partial charge in [-0.05, 0) is 32.3 Å². The Morgan fingerprint density at radius 2 is 1.88 bits per heavy atom. The average Bonchev–Trinajstić information content (AvgIpc) is 2.62. The van der Waals surface area contributed by atoms with Crippen LogP contribution >= 0.6 is 0 Å². The molecule has 1 saturated heterocycles. The maximum atomic E-state index is 12.5. The summed E-state index contributed by atoms with van der Waals surface area (Å²) in [6.07, 6.45) is 2.26. The fourth-order valence-corrected chi connectivity index (χ4v) is 3.18. The highest BCUT2D eigenvalue weighted by atomic mass is 16.5. The molecule has 3 N–H and O–H groups in total. The van der Waals surface area contributed by atoms with Crippen molar-refractivity contribution >= 4 is 5.91 Å². The van der Waals surface area contributed by atoms with Gasteiger partial charge in [-0.1, -0.05) is 37.3 Å². The number of carbonyl (C=O) groups excluding carboxylic acids is 1. The number of nitrogens with two attached hydrogens (primary N) is 1. The standard InChI is InChI=1S/C20H33N3O2/c1-15(2)25-14-13-23-11-9-18(10-12-23)22-20(24)16(3)19(21)17-7-5-4-6-8-17/h4-8,15-16,18-19H,9-14,21H2,1-3H3,(H,22,24). The lowest BCUT2D eigenvalue weighted by molar-refractivity contribution is -0.126. The van der Waals surface area contributed by atoms with Crippen molar-refractivity contribution in [1.82, 2.24) is 10.2 Å². The first kappa shape index (κ1) is 19.9. The topological polar surface area (TPSA) is 67.6 Å². The molecule has 0 bridgehead atoms. The fraction of sp³-hybridized carbons (Fsp3) is 0.650. The zero-order chi connectivity index (χ0) is 18.2. The van der Waals surface area contributed by atoms with E-state index in [1.54, 1.807) is 0 Å². The third kappa shape index (κ3) is 6.42. The van der Waals surface area contributed by atoms with E-state index in [-0.39, 0.29) is 30.0 Å². The molecule has 0 aliphatic carbocycles. The minimum absolute atomic E-state index is 0.0537. The minimum atomic E-state index is -0.269. The summed E-state index contributed by atoms with van der Waals surface area (Å²) in [6, 6.07) is 9.81. The van der Waals surface area contributed by atoms with Crippen LogP contribution in [0, 0.1) is 5.92 Å². The monoisotopic (exact) mass is 347 g/mol. The van der Waals surface area contributed by atoms with Gasteiger partial charge >= 0.3 is 0 Å². The third-order valence-electron chi connectivity index (χ3n) is 4.93. The molecule has 0 aromatic heterocycles. The van der Waals surface area contributed by atoms with Gasteiger partial charge in [0.1, 0.15) is 0 Å². The number of carbonyl (C=O) groups is 1. The van der Waals surface area contributed by atoms with Crippen molar-refractivity contribution in [2.75, 3.05) is 26.2 Å². The van der Waals surface area contributed by atoms with Crippen LogP contribution in [0.15, 0.2) is 30.3 Å². The molecular weight excluding hydrogens is 314 g/mol. The maximum absolute atomic E-state index is 12.5. The second kappa shape index (κ2) is 9.90.